The van der Waals surface area contributed by atoms with Crippen molar-refractivity contribution < 1.29 is 23.2 Å². The summed E-state index contributed by atoms with van der Waals surface area (Å²) in [6, 6.07) is 15.5. The zero-order chi connectivity index (χ0) is 20.3. The van der Waals surface area contributed by atoms with Crippen LogP contribution in [0, 0.1) is 5.92 Å². The Kier molecular flexibility index (Phi) is 5.99. The highest BCUT2D eigenvalue weighted by molar-refractivity contribution is 7.92. The summed E-state index contributed by atoms with van der Waals surface area (Å²) in [7, 11) is -0.564. The SMILES string of the molecule is CN1CC(C(=O)NO)CN(C)C1S(=O)(=O)c1ccccc1Oc1ccccc1. The third-order valence-electron chi connectivity index (χ3n) is 4.66. The zero-order valence-corrected chi connectivity index (χ0v) is 16.5. The number of nitrogens with one attached hydrogen (secondary N) is 1. The van der Waals surface area contributed by atoms with E-state index >= 15 is 0 Å². The number of benzene rings is 2. The minimum Gasteiger partial charge on any atom is -0.456 e. The molecule has 8 nitrogen and oxygen atoms in total. The zero-order valence-electron chi connectivity index (χ0n) is 15.6. The summed E-state index contributed by atoms with van der Waals surface area (Å²) in [5.41, 5.74) is 0.673. The van der Waals surface area contributed by atoms with Crippen molar-refractivity contribution in [1.82, 2.24) is 15.3 Å². The van der Waals surface area contributed by atoms with Gasteiger partial charge in [-0.05, 0) is 38.4 Å². The Hall–Kier alpha value is -2.46. The first kappa shape index (κ1) is 20.3. The van der Waals surface area contributed by atoms with Crippen LogP contribution >= 0.6 is 0 Å². The van der Waals surface area contributed by atoms with Gasteiger partial charge in [-0.25, -0.2) is 13.9 Å². The van der Waals surface area contributed by atoms with Crippen LogP contribution in [0.15, 0.2) is 59.5 Å². The Morgan fingerprint density at radius 2 is 1.61 bits per heavy atom. The topological polar surface area (TPSA) is 99.2 Å². The molecule has 0 saturated carbocycles. The second kappa shape index (κ2) is 8.27. The monoisotopic (exact) mass is 405 g/mol. The fraction of sp³-hybridized carbons (Fsp3) is 0.316. The Morgan fingerprint density at radius 3 is 2.21 bits per heavy atom. The van der Waals surface area contributed by atoms with Crippen LogP contribution in [0.4, 0.5) is 0 Å². The molecule has 1 aliphatic heterocycles. The van der Waals surface area contributed by atoms with Crippen LogP contribution in [0.3, 0.4) is 0 Å². The van der Waals surface area contributed by atoms with Crippen molar-refractivity contribution in [2.45, 2.75) is 10.4 Å². The van der Waals surface area contributed by atoms with Crippen molar-refractivity contribution in [1.29, 1.82) is 0 Å². The van der Waals surface area contributed by atoms with Gasteiger partial charge in [0.15, 0.2) is 5.50 Å². The Morgan fingerprint density at radius 1 is 1.04 bits per heavy atom. The van der Waals surface area contributed by atoms with Crippen LogP contribution in [0.5, 0.6) is 11.5 Å². The van der Waals surface area contributed by atoms with E-state index in [0.29, 0.717) is 5.75 Å². The lowest BCUT2D eigenvalue weighted by molar-refractivity contribution is -0.136. The first-order chi connectivity index (χ1) is 13.3. The number of carbonyl (C=O) groups is 1. The molecule has 2 aromatic carbocycles. The molecule has 1 fully saturated rings. The van der Waals surface area contributed by atoms with Gasteiger partial charge in [0.25, 0.3) is 0 Å². The first-order valence-corrected chi connectivity index (χ1v) is 10.3. The molecule has 0 radical (unpaired) electrons. The maximum Gasteiger partial charge on any atom is 0.249 e. The summed E-state index contributed by atoms with van der Waals surface area (Å²) in [5, 5.41) is 8.87. The average molecular weight is 405 g/mol. The van der Waals surface area contributed by atoms with E-state index in [1.54, 1.807) is 59.7 Å². The molecule has 0 atom stereocenters. The smallest absolute Gasteiger partial charge is 0.249 e. The molecule has 1 heterocycles. The van der Waals surface area contributed by atoms with Gasteiger partial charge in [0, 0.05) is 13.1 Å². The van der Waals surface area contributed by atoms with Crippen molar-refractivity contribution >= 4 is 15.7 Å². The summed E-state index contributed by atoms with van der Waals surface area (Å²) in [6.07, 6.45) is 0. The van der Waals surface area contributed by atoms with E-state index in [1.807, 2.05) is 18.2 Å². The molecule has 0 aromatic heterocycles. The molecule has 150 valence electrons. The van der Waals surface area contributed by atoms with Gasteiger partial charge in [0.05, 0.1) is 5.92 Å². The van der Waals surface area contributed by atoms with Gasteiger partial charge < -0.3 is 4.74 Å². The van der Waals surface area contributed by atoms with E-state index in [0.717, 1.165) is 0 Å². The van der Waals surface area contributed by atoms with E-state index < -0.39 is 27.2 Å². The quantitative estimate of drug-likeness (QED) is 0.575. The van der Waals surface area contributed by atoms with Gasteiger partial charge in [-0.1, -0.05) is 30.3 Å². The molecular formula is C19H23N3O5S. The lowest BCUT2D eigenvalue weighted by atomic mass is 10.1. The van der Waals surface area contributed by atoms with Gasteiger partial charge in [0.2, 0.25) is 15.7 Å². The van der Waals surface area contributed by atoms with Crippen molar-refractivity contribution in [3.8, 4) is 11.5 Å². The number of nitrogens with zero attached hydrogens (tertiary/aromatic N) is 2. The highest BCUT2D eigenvalue weighted by atomic mass is 32.2. The number of hydrogen-bond acceptors (Lipinski definition) is 7. The van der Waals surface area contributed by atoms with Gasteiger partial charge in [-0.15, -0.1) is 0 Å². The lowest BCUT2D eigenvalue weighted by Crippen LogP contribution is -2.59. The number of amides is 1. The van der Waals surface area contributed by atoms with Crippen molar-refractivity contribution in [2.75, 3.05) is 27.2 Å². The molecule has 1 saturated heterocycles. The molecule has 28 heavy (non-hydrogen) atoms. The van der Waals surface area contributed by atoms with E-state index in [1.165, 1.54) is 6.07 Å². The summed E-state index contributed by atoms with van der Waals surface area (Å²) in [4.78, 5) is 15.0. The van der Waals surface area contributed by atoms with E-state index in [-0.39, 0.29) is 23.7 Å². The molecule has 0 aliphatic carbocycles. The van der Waals surface area contributed by atoms with Crippen LogP contribution in [-0.4, -0.2) is 62.0 Å². The number of carbonyl (C=O) groups excluding carboxylic acids is 1. The molecule has 3 rings (SSSR count). The van der Waals surface area contributed by atoms with Crippen molar-refractivity contribution in [2.24, 2.45) is 5.92 Å². The average Bonchev–Trinajstić information content (AvgIpc) is 2.67. The number of hydroxylamine groups is 1. The number of ether oxygens (including phenoxy) is 1. The first-order valence-electron chi connectivity index (χ1n) is 8.75. The second-order valence-electron chi connectivity index (χ2n) is 6.79. The maximum absolute atomic E-state index is 13.5. The molecule has 0 unspecified atom stereocenters. The minimum absolute atomic E-state index is 0.0765. The van der Waals surface area contributed by atoms with E-state index in [9.17, 15) is 13.2 Å². The molecule has 0 spiro atoms. The summed E-state index contributed by atoms with van der Waals surface area (Å²) < 4.78 is 32.7. The summed E-state index contributed by atoms with van der Waals surface area (Å²) >= 11 is 0. The molecule has 9 heteroatoms. The number of rotatable bonds is 5. The van der Waals surface area contributed by atoms with Gasteiger partial charge in [-0.3, -0.25) is 19.8 Å². The normalized spacial score (nSPS) is 21.2. The third-order valence-corrected chi connectivity index (χ3v) is 6.88. The van der Waals surface area contributed by atoms with Crippen molar-refractivity contribution in [3.05, 3.63) is 54.6 Å². The summed E-state index contributed by atoms with van der Waals surface area (Å²) in [6.45, 7) is 0.394. The Labute approximate surface area is 164 Å². The Bertz CT molecular complexity index is 924. The van der Waals surface area contributed by atoms with Gasteiger partial charge >= 0.3 is 0 Å². The van der Waals surface area contributed by atoms with E-state index in [2.05, 4.69) is 0 Å². The van der Waals surface area contributed by atoms with Crippen molar-refractivity contribution in [3.63, 3.8) is 0 Å². The standard InChI is InChI=1S/C19H23N3O5S/c1-21-12-14(18(23)20-24)13-22(2)19(21)28(25,26)17-11-7-6-10-16(17)27-15-8-4-3-5-9-15/h3-11,14,19,24H,12-13H2,1-2H3,(H,20,23). The predicted molar refractivity (Wildman–Crippen MR) is 103 cm³/mol. The molecule has 2 aromatic rings. The molecular weight excluding hydrogens is 382 g/mol. The van der Waals surface area contributed by atoms with Crippen LogP contribution in [0.25, 0.3) is 0 Å². The van der Waals surface area contributed by atoms with E-state index in [4.69, 9.17) is 9.94 Å². The Balaban J connectivity index is 1.92. The predicted octanol–water partition coefficient (Wildman–Crippen LogP) is 1.54. The third kappa shape index (κ3) is 4.02. The minimum atomic E-state index is -3.83. The molecule has 0 bridgehead atoms. The summed E-state index contributed by atoms with van der Waals surface area (Å²) in [5.74, 6) is -0.300. The fourth-order valence-electron chi connectivity index (χ4n) is 3.50. The maximum atomic E-state index is 13.5. The highest BCUT2D eigenvalue weighted by Crippen LogP contribution is 2.33. The fourth-order valence-corrected chi connectivity index (χ4v) is 5.50. The number of sulfone groups is 1. The van der Waals surface area contributed by atoms with Crippen LogP contribution in [0.2, 0.25) is 0 Å². The van der Waals surface area contributed by atoms with Crippen LogP contribution in [0.1, 0.15) is 0 Å². The van der Waals surface area contributed by atoms with Gasteiger partial charge in [-0.2, -0.15) is 0 Å². The largest absolute Gasteiger partial charge is 0.456 e. The molecule has 1 aliphatic rings. The number of hydrogen-bond donors (Lipinski definition) is 2. The highest BCUT2D eigenvalue weighted by Gasteiger charge is 2.42. The molecule has 1 amide bonds. The lowest BCUT2D eigenvalue weighted by Gasteiger charge is -2.42. The second-order valence-corrected chi connectivity index (χ2v) is 8.74. The van der Waals surface area contributed by atoms with Crippen LogP contribution in [-0.2, 0) is 14.6 Å². The van der Waals surface area contributed by atoms with Crippen LogP contribution < -0.4 is 10.2 Å². The van der Waals surface area contributed by atoms with Gasteiger partial charge in [0.1, 0.15) is 16.4 Å². The molecule has 2 N–H and O–H groups in total. The number of para-hydroxylation sites is 2.